The lowest BCUT2D eigenvalue weighted by atomic mass is 9.79. The monoisotopic (exact) mass is 280 g/mol. The van der Waals surface area contributed by atoms with Crippen LogP contribution >= 0.6 is 0 Å². The van der Waals surface area contributed by atoms with Crippen LogP contribution in [0.5, 0.6) is 5.75 Å². The molecule has 1 aliphatic rings. The molecule has 0 amide bonds. The molecular weight excluding hydrogens is 260 g/mol. The Morgan fingerprint density at radius 3 is 2.55 bits per heavy atom. The van der Waals surface area contributed by atoms with Gasteiger partial charge in [-0.2, -0.15) is 0 Å². The summed E-state index contributed by atoms with van der Waals surface area (Å²) in [7, 11) is 0. The zero-order valence-corrected chi connectivity index (χ0v) is 11.3. The van der Waals surface area contributed by atoms with E-state index in [0.29, 0.717) is 37.0 Å². The van der Waals surface area contributed by atoms with E-state index in [-0.39, 0.29) is 19.1 Å². The predicted molar refractivity (Wildman–Crippen MR) is 72.4 cm³/mol. The van der Waals surface area contributed by atoms with Crippen molar-refractivity contribution in [3.05, 3.63) is 29.8 Å². The molecule has 5 heteroatoms. The average Bonchev–Trinajstić information content (AvgIpc) is 2.46. The number of para-hydroxylation sites is 1. The molecule has 0 saturated heterocycles. The van der Waals surface area contributed by atoms with Crippen molar-refractivity contribution in [3.8, 4) is 5.75 Å². The van der Waals surface area contributed by atoms with E-state index in [9.17, 15) is 15.0 Å². The largest absolute Gasteiger partial charge is 0.490 e. The molecule has 0 unspecified atom stereocenters. The molecule has 1 aromatic rings. The van der Waals surface area contributed by atoms with E-state index in [4.69, 9.17) is 9.84 Å². The van der Waals surface area contributed by atoms with E-state index in [1.165, 1.54) is 0 Å². The Kier molecular flexibility index (Phi) is 4.62. The summed E-state index contributed by atoms with van der Waals surface area (Å²) in [6, 6.07) is 7.13. The zero-order valence-electron chi connectivity index (χ0n) is 11.3. The lowest BCUT2D eigenvalue weighted by Gasteiger charge is -2.34. The molecule has 0 aromatic heterocycles. The number of hydrogen-bond donors (Lipinski definition) is 3. The minimum absolute atomic E-state index is 0.115. The van der Waals surface area contributed by atoms with Crippen molar-refractivity contribution < 1.29 is 24.9 Å². The molecule has 1 aliphatic carbocycles. The Hall–Kier alpha value is -1.59. The van der Waals surface area contributed by atoms with Crippen LogP contribution < -0.4 is 4.74 Å². The molecule has 20 heavy (non-hydrogen) atoms. The molecule has 0 atom stereocenters. The maximum Gasteiger partial charge on any atom is 0.306 e. The number of benzene rings is 1. The van der Waals surface area contributed by atoms with Crippen molar-refractivity contribution in [3.63, 3.8) is 0 Å². The Bertz CT molecular complexity index is 463. The summed E-state index contributed by atoms with van der Waals surface area (Å²) in [5, 5.41) is 28.6. The summed E-state index contributed by atoms with van der Waals surface area (Å²) < 4.78 is 5.61. The van der Waals surface area contributed by atoms with Crippen LogP contribution in [0.15, 0.2) is 24.3 Å². The Labute approximate surface area is 117 Å². The highest BCUT2D eigenvalue weighted by Crippen LogP contribution is 2.33. The maximum atomic E-state index is 10.9. The number of aliphatic carboxylic acids is 1. The third-order valence-corrected chi connectivity index (χ3v) is 3.90. The van der Waals surface area contributed by atoms with Gasteiger partial charge in [-0.3, -0.25) is 4.79 Å². The van der Waals surface area contributed by atoms with Crippen LogP contribution in [-0.2, 0) is 11.4 Å². The van der Waals surface area contributed by atoms with Crippen LogP contribution in [0.3, 0.4) is 0 Å². The van der Waals surface area contributed by atoms with Crippen molar-refractivity contribution in [1.29, 1.82) is 0 Å². The van der Waals surface area contributed by atoms with E-state index in [1.807, 2.05) is 6.07 Å². The molecule has 5 nitrogen and oxygen atoms in total. The summed E-state index contributed by atoms with van der Waals surface area (Å²) >= 11 is 0. The minimum atomic E-state index is -0.978. The fraction of sp³-hybridized carbons (Fsp3) is 0.533. The second kappa shape index (κ2) is 6.24. The zero-order chi connectivity index (χ0) is 14.6. The summed E-state index contributed by atoms with van der Waals surface area (Å²) in [6.45, 7) is 0.00599. The van der Waals surface area contributed by atoms with E-state index < -0.39 is 11.6 Å². The number of carboxylic acid groups (broad SMARTS) is 1. The van der Waals surface area contributed by atoms with Crippen molar-refractivity contribution in [2.75, 3.05) is 6.61 Å². The lowest BCUT2D eigenvalue weighted by molar-refractivity contribution is -0.145. The fourth-order valence-electron chi connectivity index (χ4n) is 2.53. The molecule has 3 N–H and O–H groups in total. The van der Waals surface area contributed by atoms with Crippen LogP contribution in [-0.4, -0.2) is 33.5 Å². The number of carbonyl (C=O) groups is 1. The summed E-state index contributed by atoms with van der Waals surface area (Å²) in [5.41, 5.74) is -0.301. The van der Waals surface area contributed by atoms with Crippen molar-refractivity contribution in [2.45, 2.75) is 37.9 Å². The van der Waals surface area contributed by atoms with Crippen LogP contribution in [0.1, 0.15) is 31.2 Å². The van der Waals surface area contributed by atoms with Gasteiger partial charge in [0.15, 0.2) is 0 Å². The topological polar surface area (TPSA) is 87.0 Å². The molecule has 110 valence electrons. The van der Waals surface area contributed by atoms with E-state index in [2.05, 4.69) is 0 Å². The predicted octanol–water partition coefficient (Wildman–Crippen LogP) is 1.56. The first kappa shape index (κ1) is 14.8. The van der Waals surface area contributed by atoms with Crippen LogP contribution in [0, 0.1) is 5.92 Å². The molecule has 1 saturated carbocycles. The first-order valence-electron chi connectivity index (χ1n) is 6.81. The van der Waals surface area contributed by atoms with E-state index >= 15 is 0 Å². The smallest absolute Gasteiger partial charge is 0.306 e. The van der Waals surface area contributed by atoms with Gasteiger partial charge in [-0.05, 0) is 31.7 Å². The molecule has 0 heterocycles. The molecular formula is C15H20O5. The van der Waals surface area contributed by atoms with Crippen molar-refractivity contribution in [2.24, 2.45) is 5.92 Å². The summed E-state index contributed by atoms with van der Waals surface area (Å²) in [6.07, 6.45) is 1.78. The SMILES string of the molecule is O=C(O)C1CCC(O)(COc2ccccc2CO)CC1. The second-order valence-corrected chi connectivity index (χ2v) is 5.39. The highest BCUT2D eigenvalue weighted by Gasteiger charge is 2.36. The molecule has 2 rings (SSSR count). The number of ether oxygens (including phenoxy) is 1. The summed E-state index contributed by atoms with van der Waals surface area (Å²) in [5.74, 6) is -0.595. The lowest BCUT2D eigenvalue weighted by Crippen LogP contribution is -2.41. The molecule has 0 bridgehead atoms. The van der Waals surface area contributed by atoms with Gasteiger partial charge in [0.25, 0.3) is 0 Å². The van der Waals surface area contributed by atoms with Gasteiger partial charge in [0, 0.05) is 5.56 Å². The van der Waals surface area contributed by atoms with Crippen LogP contribution in [0.25, 0.3) is 0 Å². The van der Waals surface area contributed by atoms with Gasteiger partial charge in [0.05, 0.1) is 18.1 Å². The molecule has 1 fully saturated rings. The summed E-state index contributed by atoms with van der Waals surface area (Å²) in [4.78, 5) is 10.9. The Morgan fingerprint density at radius 1 is 1.30 bits per heavy atom. The first-order valence-corrected chi connectivity index (χ1v) is 6.81. The number of aliphatic hydroxyl groups is 2. The Balaban J connectivity index is 1.92. The normalized spacial score (nSPS) is 26.2. The molecule has 1 aromatic carbocycles. The van der Waals surface area contributed by atoms with Crippen LogP contribution in [0.2, 0.25) is 0 Å². The molecule has 0 spiro atoms. The molecule has 0 radical (unpaired) electrons. The van der Waals surface area contributed by atoms with Gasteiger partial charge in [-0.15, -0.1) is 0 Å². The van der Waals surface area contributed by atoms with Gasteiger partial charge in [0.2, 0.25) is 0 Å². The second-order valence-electron chi connectivity index (χ2n) is 5.39. The highest BCUT2D eigenvalue weighted by molar-refractivity contribution is 5.70. The quantitative estimate of drug-likeness (QED) is 0.762. The van der Waals surface area contributed by atoms with Crippen molar-refractivity contribution in [1.82, 2.24) is 0 Å². The van der Waals surface area contributed by atoms with Gasteiger partial charge in [-0.1, -0.05) is 18.2 Å². The maximum absolute atomic E-state index is 10.9. The van der Waals surface area contributed by atoms with Crippen molar-refractivity contribution >= 4 is 5.97 Å². The number of hydrogen-bond acceptors (Lipinski definition) is 4. The standard InChI is InChI=1S/C15H20O5/c16-9-12-3-1-2-4-13(12)20-10-15(19)7-5-11(6-8-15)14(17)18/h1-4,11,16,19H,5-10H2,(H,17,18). The van der Waals surface area contributed by atoms with Gasteiger partial charge >= 0.3 is 5.97 Å². The van der Waals surface area contributed by atoms with Gasteiger partial charge in [-0.25, -0.2) is 0 Å². The third kappa shape index (κ3) is 3.49. The molecule has 0 aliphatic heterocycles. The van der Waals surface area contributed by atoms with Gasteiger partial charge < -0.3 is 20.1 Å². The fourth-order valence-corrected chi connectivity index (χ4v) is 2.53. The van der Waals surface area contributed by atoms with Gasteiger partial charge in [0.1, 0.15) is 12.4 Å². The van der Waals surface area contributed by atoms with Crippen LogP contribution in [0.4, 0.5) is 0 Å². The number of aliphatic hydroxyl groups excluding tert-OH is 1. The highest BCUT2D eigenvalue weighted by atomic mass is 16.5. The first-order chi connectivity index (χ1) is 9.54. The average molecular weight is 280 g/mol. The number of carboxylic acids is 1. The number of rotatable bonds is 5. The Morgan fingerprint density at radius 2 is 1.95 bits per heavy atom. The third-order valence-electron chi connectivity index (χ3n) is 3.90. The van der Waals surface area contributed by atoms with E-state index in [0.717, 1.165) is 0 Å². The van der Waals surface area contributed by atoms with E-state index in [1.54, 1.807) is 18.2 Å². The minimum Gasteiger partial charge on any atom is -0.490 e.